The van der Waals surface area contributed by atoms with Gasteiger partial charge in [-0.1, -0.05) is 6.92 Å². The summed E-state index contributed by atoms with van der Waals surface area (Å²) >= 11 is 0. The van der Waals surface area contributed by atoms with Crippen molar-refractivity contribution in [3.8, 4) is 0 Å². The van der Waals surface area contributed by atoms with E-state index < -0.39 is 0 Å². The smallest absolute Gasteiger partial charge is 0.310 e. The zero-order chi connectivity index (χ0) is 12.0. The average molecular weight is 265 g/mol. The van der Waals surface area contributed by atoms with E-state index in [-0.39, 0.29) is 36.1 Å². The zero-order valence-electron chi connectivity index (χ0n) is 10.3. The third-order valence-electron chi connectivity index (χ3n) is 2.85. The van der Waals surface area contributed by atoms with Gasteiger partial charge in [-0.25, -0.2) is 0 Å². The van der Waals surface area contributed by atoms with Gasteiger partial charge in [-0.3, -0.25) is 9.59 Å². The first kappa shape index (κ1) is 16.2. The van der Waals surface area contributed by atoms with Crippen LogP contribution in [0.25, 0.3) is 0 Å². The number of hydrogen-bond acceptors (Lipinski definition) is 4. The summed E-state index contributed by atoms with van der Waals surface area (Å²) in [4.78, 5) is 22.8. The number of piperidine rings is 1. The fraction of sp³-hybridized carbons (Fsp3) is 0.818. The minimum atomic E-state index is -0.290. The van der Waals surface area contributed by atoms with E-state index in [4.69, 9.17) is 0 Å². The molecule has 0 radical (unpaired) electrons. The molecule has 0 aromatic rings. The van der Waals surface area contributed by atoms with Crippen molar-refractivity contribution in [2.45, 2.75) is 19.8 Å². The van der Waals surface area contributed by atoms with Gasteiger partial charge in [0.1, 0.15) is 0 Å². The quantitative estimate of drug-likeness (QED) is 0.719. The second-order valence-electron chi connectivity index (χ2n) is 4.21. The third-order valence-corrected chi connectivity index (χ3v) is 2.85. The molecule has 1 rings (SSSR count). The van der Waals surface area contributed by atoms with E-state index in [0.29, 0.717) is 6.54 Å². The summed E-state index contributed by atoms with van der Waals surface area (Å²) in [6.45, 7) is 3.81. The Labute approximate surface area is 108 Å². The SMILES string of the molecule is COC(=O)C(C)CNC(=O)C1CCCNC1.Cl. The summed E-state index contributed by atoms with van der Waals surface area (Å²) in [7, 11) is 1.35. The van der Waals surface area contributed by atoms with Gasteiger partial charge in [0.05, 0.1) is 18.9 Å². The number of rotatable bonds is 4. The molecule has 1 aliphatic rings. The number of methoxy groups -OCH3 is 1. The summed E-state index contributed by atoms with van der Waals surface area (Å²) in [6, 6.07) is 0. The van der Waals surface area contributed by atoms with E-state index >= 15 is 0 Å². The van der Waals surface area contributed by atoms with Gasteiger partial charge < -0.3 is 15.4 Å². The Morgan fingerprint density at radius 1 is 1.53 bits per heavy atom. The standard InChI is InChI=1S/C11H20N2O3.ClH/c1-8(11(15)16-2)6-13-10(14)9-4-3-5-12-7-9;/h8-9,12H,3-7H2,1-2H3,(H,13,14);1H. The number of nitrogens with one attached hydrogen (secondary N) is 2. The third kappa shape index (κ3) is 5.37. The number of carbonyl (C=O) groups excluding carboxylic acids is 2. The van der Waals surface area contributed by atoms with Crippen molar-refractivity contribution in [3.63, 3.8) is 0 Å². The fourth-order valence-electron chi connectivity index (χ4n) is 1.76. The van der Waals surface area contributed by atoms with E-state index in [1.165, 1.54) is 7.11 Å². The minimum absolute atomic E-state index is 0. The molecule has 2 atom stereocenters. The van der Waals surface area contributed by atoms with Crippen molar-refractivity contribution in [2.75, 3.05) is 26.7 Å². The van der Waals surface area contributed by atoms with Gasteiger partial charge in [0.25, 0.3) is 0 Å². The van der Waals surface area contributed by atoms with Crippen molar-refractivity contribution in [2.24, 2.45) is 11.8 Å². The van der Waals surface area contributed by atoms with Crippen LogP contribution in [0.4, 0.5) is 0 Å². The molecule has 1 amide bonds. The lowest BCUT2D eigenvalue weighted by molar-refractivity contribution is -0.144. The fourth-order valence-corrected chi connectivity index (χ4v) is 1.76. The van der Waals surface area contributed by atoms with E-state index in [1.54, 1.807) is 6.92 Å². The average Bonchev–Trinajstić information content (AvgIpc) is 2.35. The van der Waals surface area contributed by atoms with Gasteiger partial charge in [-0.05, 0) is 19.4 Å². The molecular weight excluding hydrogens is 244 g/mol. The lowest BCUT2D eigenvalue weighted by Gasteiger charge is -2.22. The van der Waals surface area contributed by atoms with Crippen LogP contribution in [0.2, 0.25) is 0 Å². The van der Waals surface area contributed by atoms with Gasteiger partial charge in [-0.2, -0.15) is 0 Å². The molecule has 1 saturated heterocycles. The molecule has 1 aliphatic heterocycles. The molecule has 5 nitrogen and oxygen atoms in total. The second-order valence-corrected chi connectivity index (χ2v) is 4.21. The van der Waals surface area contributed by atoms with Crippen LogP contribution in [-0.2, 0) is 14.3 Å². The largest absolute Gasteiger partial charge is 0.469 e. The van der Waals surface area contributed by atoms with Crippen LogP contribution in [0.1, 0.15) is 19.8 Å². The molecule has 2 unspecified atom stereocenters. The number of hydrogen-bond donors (Lipinski definition) is 2. The highest BCUT2D eigenvalue weighted by Gasteiger charge is 2.22. The highest BCUT2D eigenvalue weighted by Crippen LogP contribution is 2.09. The molecule has 0 spiro atoms. The number of halogens is 1. The van der Waals surface area contributed by atoms with Crippen LogP contribution in [0.5, 0.6) is 0 Å². The molecule has 0 bridgehead atoms. The van der Waals surface area contributed by atoms with Gasteiger partial charge >= 0.3 is 5.97 Å². The van der Waals surface area contributed by atoms with Gasteiger partial charge in [0.15, 0.2) is 0 Å². The maximum absolute atomic E-state index is 11.7. The predicted molar refractivity (Wildman–Crippen MR) is 67.0 cm³/mol. The van der Waals surface area contributed by atoms with Gasteiger partial charge in [-0.15, -0.1) is 12.4 Å². The molecule has 0 aromatic heterocycles. The van der Waals surface area contributed by atoms with Crippen molar-refractivity contribution in [3.05, 3.63) is 0 Å². The Kier molecular flexibility index (Phi) is 7.91. The van der Waals surface area contributed by atoms with E-state index in [0.717, 1.165) is 25.9 Å². The molecule has 0 saturated carbocycles. The molecule has 2 N–H and O–H groups in total. The highest BCUT2D eigenvalue weighted by molar-refractivity contribution is 5.85. The lowest BCUT2D eigenvalue weighted by atomic mass is 9.98. The summed E-state index contributed by atoms with van der Waals surface area (Å²) in [5.41, 5.74) is 0. The van der Waals surface area contributed by atoms with Crippen LogP contribution >= 0.6 is 12.4 Å². The number of amides is 1. The van der Waals surface area contributed by atoms with Crippen molar-refractivity contribution >= 4 is 24.3 Å². The molecule has 1 heterocycles. The molecular formula is C11H21ClN2O3. The number of ether oxygens (including phenoxy) is 1. The van der Waals surface area contributed by atoms with Crippen LogP contribution < -0.4 is 10.6 Å². The van der Waals surface area contributed by atoms with E-state index in [9.17, 15) is 9.59 Å². The van der Waals surface area contributed by atoms with Gasteiger partial charge in [0.2, 0.25) is 5.91 Å². The lowest BCUT2D eigenvalue weighted by Crippen LogP contribution is -2.42. The minimum Gasteiger partial charge on any atom is -0.469 e. The molecule has 0 aromatic carbocycles. The topological polar surface area (TPSA) is 67.4 Å². The van der Waals surface area contributed by atoms with E-state index in [1.807, 2.05) is 0 Å². The second kappa shape index (κ2) is 8.31. The molecule has 17 heavy (non-hydrogen) atoms. The normalized spacial score (nSPS) is 20.9. The van der Waals surface area contributed by atoms with Crippen LogP contribution in [0, 0.1) is 11.8 Å². The highest BCUT2D eigenvalue weighted by atomic mass is 35.5. The maximum Gasteiger partial charge on any atom is 0.310 e. The Morgan fingerprint density at radius 2 is 2.24 bits per heavy atom. The predicted octanol–water partition coefficient (Wildman–Crippen LogP) is 0.333. The maximum atomic E-state index is 11.7. The summed E-state index contributed by atoms with van der Waals surface area (Å²) < 4.78 is 4.59. The zero-order valence-corrected chi connectivity index (χ0v) is 11.1. The summed E-state index contributed by atoms with van der Waals surface area (Å²) in [6.07, 6.45) is 1.95. The molecule has 1 fully saturated rings. The Balaban J connectivity index is 0.00000256. The number of esters is 1. The number of carbonyl (C=O) groups is 2. The molecule has 0 aliphatic carbocycles. The Hall–Kier alpha value is -0.810. The van der Waals surface area contributed by atoms with Gasteiger partial charge in [0, 0.05) is 13.1 Å². The molecule has 6 heteroatoms. The first-order chi connectivity index (χ1) is 7.65. The van der Waals surface area contributed by atoms with Crippen LogP contribution in [-0.4, -0.2) is 38.6 Å². The van der Waals surface area contributed by atoms with Crippen LogP contribution in [0.3, 0.4) is 0 Å². The first-order valence-electron chi connectivity index (χ1n) is 5.71. The Bertz CT molecular complexity index is 255. The van der Waals surface area contributed by atoms with Crippen molar-refractivity contribution in [1.29, 1.82) is 0 Å². The van der Waals surface area contributed by atoms with Crippen molar-refractivity contribution < 1.29 is 14.3 Å². The van der Waals surface area contributed by atoms with Crippen LogP contribution in [0.15, 0.2) is 0 Å². The summed E-state index contributed by atoms with van der Waals surface area (Å²) in [5, 5.41) is 5.97. The first-order valence-corrected chi connectivity index (χ1v) is 5.71. The van der Waals surface area contributed by atoms with Crippen molar-refractivity contribution in [1.82, 2.24) is 10.6 Å². The Morgan fingerprint density at radius 3 is 2.76 bits per heavy atom. The molecule has 100 valence electrons. The van der Waals surface area contributed by atoms with E-state index in [2.05, 4.69) is 15.4 Å². The monoisotopic (exact) mass is 264 g/mol. The summed E-state index contributed by atoms with van der Waals surface area (Å²) in [5.74, 6) is -0.505.